The van der Waals surface area contributed by atoms with Crippen LogP contribution in [0.5, 0.6) is 5.75 Å². The number of fused-ring (bicyclic) bond motifs is 1. The normalized spacial score (nSPS) is 15.8. The lowest BCUT2D eigenvalue weighted by atomic mass is 9.90. The summed E-state index contributed by atoms with van der Waals surface area (Å²) in [4.78, 5) is 0.100. The molecule has 6 heteroatoms. The van der Waals surface area contributed by atoms with E-state index in [2.05, 4.69) is 5.16 Å². The van der Waals surface area contributed by atoms with Crippen LogP contribution in [0.15, 0.2) is 52.5 Å². The second kappa shape index (κ2) is 6.65. The number of nitrogens with zero attached hydrogens (tertiary/aromatic N) is 1. The van der Waals surface area contributed by atoms with Crippen molar-refractivity contribution in [2.75, 3.05) is 7.11 Å². The van der Waals surface area contributed by atoms with E-state index in [4.69, 9.17) is 9.02 Å². The number of rotatable bonds is 4. The van der Waals surface area contributed by atoms with Gasteiger partial charge in [0.1, 0.15) is 10.6 Å². The van der Waals surface area contributed by atoms with Crippen molar-refractivity contribution >= 4 is 15.8 Å². The topological polar surface area (TPSA) is 65.0 Å². The quantitative estimate of drug-likeness (QED) is 0.796. The molecule has 24 heavy (non-hydrogen) atoms. The van der Waals surface area contributed by atoms with E-state index in [0.29, 0.717) is 12.1 Å². The maximum absolute atomic E-state index is 12.2. The fourth-order valence-electron chi connectivity index (χ4n) is 2.70. The van der Waals surface area contributed by atoms with Gasteiger partial charge in [-0.3, -0.25) is 4.28 Å². The zero-order chi connectivity index (χ0) is 17.2. The van der Waals surface area contributed by atoms with E-state index in [9.17, 15) is 8.42 Å². The van der Waals surface area contributed by atoms with Crippen LogP contribution in [-0.2, 0) is 20.8 Å². The summed E-state index contributed by atoms with van der Waals surface area (Å²) in [7, 11) is -2.28. The molecule has 0 N–H and O–H groups in total. The van der Waals surface area contributed by atoms with E-state index >= 15 is 0 Å². The first-order valence-corrected chi connectivity index (χ1v) is 9.15. The molecule has 2 aromatic carbocycles. The second-order valence-corrected chi connectivity index (χ2v) is 7.29. The summed E-state index contributed by atoms with van der Waals surface area (Å²) in [5.41, 5.74) is 3.64. The SMILES string of the molecule is COc1ccc2c(c1)CCCC2=NOS(=O)(=O)c1ccc(C)cc1. The standard InChI is InChI=1S/C18H19NO4S/c1-13-6-9-16(10-7-13)24(20,21)23-19-18-5-3-4-14-12-15(22-2)8-11-17(14)18/h6-12H,3-5H2,1-2H3. The first-order valence-electron chi connectivity index (χ1n) is 7.74. The molecule has 0 amide bonds. The van der Waals surface area contributed by atoms with Crippen LogP contribution >= 0.6 is 0 Å². The molecule has 0 heterocycles. The van der Waals surface area contributed by atoms with Crippen molar-refractivity contribution in [2.24, 2.45) is 5.16 Å². The Morgan fingerprint density at radius 2 is 1.79 bits per heavy atom. The molecule has 0 aromatic heterocycles. The lowest BCUT2D eigenvalue weighted by Crippen LogP contribution is -2.14. The fraction of sp³-hybridized carbons (Fsp3) is 0.278. The lowest BCUT2D eigenvalue weighted by molar-refractivity contribution is 0.337. The van der Waals surface area contributed by atoms with E-state index in [1.807, 2.05) is 25.1 Å². The van der Waals surface area contributed by atoms with Gasteiger partial charge in [-0.25, -0.2) is 0 Å². The average molecular weight is 345 g/mol. The fourth-order valence-corrected chi connectivity index (χ4v) is 3.45. The van der Waals surface area contributed by atoms with Crippen molar-refractivity contribution in [3.05, 3.63) is 59.2 Å². The van der Waals surface area contributed by atoms with Gasteiger partial charge in [-0.1, -0.05) is 22.9 Å². The average Bonchev–Trinajstić information content (AvgIpc) is 2.59. The zero-order valence-electron chi connectivity index (χ0n) is 13.7. The molecule has 0 saturated heterocycles. The number of aryl methyl sites for hydroxylation is 2. The van der Waals surface area contributed by atoms with Crippen LogP contribution in [0.25, 0.3) is 0 Å². The number of hydrogen-bond acceptors (Lipinski definition) is 5. The van der Waals surface area contributed by atoms with Gasteiger partial charge in [-0.05, 0) is 62.1 Å². The van der Waals surface area contributed by atoms with Crippen molar-refractivity contribution in [1.29, 1.82) is 0 Å². The van der Waals surface area contributed by atoms with Crippen molar-refractivity contribution in [2.45, 2.75) is 31.1 Å². The molecule has 0 saturated carbocycles. The van der Waals surface area contributed by atoms with Gasteiger partial charge in [-0.2, -0.15) is 8.42 Å². The summed E-state index contributed by atoms with van der Waals surface area (Å²) in [6.45, 7) is 1.89. The molecule has 1 aliphatic carbocycles. The highest BCUT2D eigenvalue weighted by atomic mass is 32.2. The smallest absolute Gasteiger partial charge is 0.358 e. The van der Waals surface area contributed by atoms with Gasteiger partial charge >= 0.3 is 10.1 Å². The van der Waals surface area contributed by atoms with Gasteiger partial charge in [0.2, 0.25) is 0 Å². The van der Waals surface area contributed by atoms with Crippen LogP contribution in [0.1, 0.15) is 29.5 Å². The zero-order valence-corrected chi connectivity index (χ0v) is 14.5. The molecule has 0 bridgehead atoms. The van der Waals surface area contributed by atoms with Crippen LogP contribution in [0.2, 0.25) is 0 Å². The Morgan fingerprint density at radius 1 is 1.04 bits per heavy atom. The second-order valence-electron chi connectivity index (χ2n) is 5.76. The van der Waals surface area contributed by atoms with Gasteiger partial charge in [0.05, 0.1) is 12.8 Å². The summed E-state index contributed by atoms with van der Waals surface area (Å²) < 4.78 is 34.7. The molecule has 5 nitrogen and oxygen atoms in total. The van der Waals surface area contributed by atoms with Crippen molar-refractivity contribution in [1.82, 2.24) is 0 Å². The lowest BCUT2D eigenvalue weighted by Gasteiger charge is -2.18. The van der Waals surface area contributed by atoms with Crippen molar-refractivity contribution in [3.63, 3.8) is 0 Å². The first-order chi connectivity index (χ1) is 11.5. The molecule has 2 aromatic rings. The number of hydrogen-bond donors (Lipinski definition) is 0. The third-order valence-electron chi connectivity index (χ3n) is 4.04. The highest BCUT2D eigenvalue weighted by molar-refractivity contribution is 7.86. The van der Waals surface area contributed by atoms with Crippen LogP contribution in [0, 0.1) is 6.92 Å². The molecule has 3 rings (SSSR count). The van der Waals surface area contributed by atoms with Gasteiger partial charge in [0, 0.05) is 5.56 Å². The molecule has 0 aliphatic heterocycles. The van der Waals surface area contributed by atoms with Gasteiger partial charge < -0.3 is 4.74 Å². The minimum Gasteiger partial charge on any atom is -0.497 e. The van der Waals surface area contributed by atoms with E-state index in [0.717, 1.165) is 35.3 Å². The van der Waals surface area contributed by atoms with Gasteiger partial charge in [0.25, 0.3) is 0 Å². The van der Waals surface area contributed by atoms with Crippen LogP contribution < -0.4 is 4.74 Å². The molecule has 126 valence electrons. The van der Waals surface area contributed by atoms with Crippen molar-refractivity contribution < 1.29 is 17.4 Å². The highest BCUT2D eigenvalue weighted by Crippen LogP contribution is 2.26. The van der Waals surface area contributed by atoms with E-state index in [1.165, 1.54) is 12.1 Å². The molecular weight excluding hydrogens is 326 g/mol. The molecule has 0 fully saturated rings. The predicted octanol–water partition coefficient (Wildman–Crippen LogP) is 3.45. The molecule has 0 atom stereocenters. The number of benzene rings is 2. The summed E-state index contributed by atoms with van der Waals surface area (Å²) in [5.74, 6) is 0.781. The summed E-state index contributed by atoms with van der Waals surface area (Å²) in [6, 6.07) is 12.2. The van der Waals surface area contributed by atoms with E-state index in [1.54, 1.807) is 19.2 Å². The third-order valence-corrected chi connectivity index (χ3v) is 5.16. The van der Waals surface area contributed by atoms with Gasteiger partial charge in [0.15, 0.2) is 0 Å². The Balaban J connectivity index is 1.87. The highest BCUT2D eigenvalue weighted by Gasteiger charge is 2.20. The summed E-state index contributed by atoms with van der Waals surface area (Å²) in [5, 5.41) is 3.94. The summed E-state index contributed by atoms with van der Waals surface area (Å²) in [6.07, 6.45) is 2.49. The minimum atomic E-state index is -3.90. The Hall–Kier alpha value is -2.34. The largest absolute Gasteiger partial charge is 0.497 e. The van der Waals surface area contributed by atoms with Crippen LogP contribution in [-0.4, -0.2) is 21.2 Å². The third kappa shape index (κ3) is 3.43. The predicted molar refractivity (Wildman–Crippen MR) is 91.9 cm³/mol. The van der Waals surface area contributed by atoms with Crippen molar-refractivity contribution in [3.8, 4) is 5.75 Å². The number of oxime groups is 1. The minimum absolute atomic E-state index is 0.100. The molecule has 0 unspecified atom stereocenters. The molecular formula is C18H19NO4S. The monoisotopic (exact) mass is 345 g/mol. The maximum Gasteiger partial charge on any atom is 0.358 e. The Morgan fingerprint density at radius 3 is 2.50 bits per heavy atom. The Bertz CT molecular complexity index is 870. The number of methoxy groups -OCH3 is 1. The molecule has 0 radical (unpaired) electrons. The molecule has 1 aliphatic rings. The van der Waals surface area contributed by atoms with Gasteiger partial charge in [-0.15, -0.1) is 0 Å². The van der Waals surface area contributed by atoms with Crippen LogP contribution in [0.4, 0.5) is 0 Å². The Labute approximate surface area is 142 Å². The van der Waals surface area contributed by atoms with E-state index < -0.39 is 10.1 Å². The first kappa shape index (κ1) is 16.5. The Kier molecular flexibility index (Phi) is 4.57. The van der Waals surface area contributed by atoms with E-state index in [-0.39, 0.29) is 4.90 Å². The van der Waals surface area contributed by atoms with Crippen LogP contribution in [0.3, 0.4) is 0 Å². The maximum atomic E-state index is 12.2. The summed E-state index contributed by atoms with van der Waals surface area (Å²) >= 11 is 0. The molecule has 0 spiro atoms. The number of ether oxygens (including phenoxy) is 1.